The van der Waals surface area contributed by atoms with Crippen molar-refractivity contribution in [3.8, 4) is 0 Å². The van der Waals surface area contributed by atoms with Gasteiger partial charge in [-0.05, 0) is 12.3 Å². The van der Waals surface area contributed by atoms with Crippen molar-refractivity contribution in [2.75, 3.05) is 17.7 Å². The number of carboxylic acid groups (broad SMARTS) is 1. The van der Waals surface area contributed by atoms with Crippen molar-refractivity contribution >= 4 is 35.1 Å². The Bertz CT molecular complexity index is 425. The molecule has 2 heterocycles. The van der Waals surface area contributed by atoms with Crippen molar-refractivity contribution in [2.45, 2.75) is 11.4 Å². The molecule has 1 amide bonds. The summed E-state index contributed by atoms with van der Waals surface area (Å²) >= 11 is 7.44. The number of amides is 1. The number of aromatic nitrogens is 1. The number of pyridine rings is 1. The summed E-state index contributed by atoms with van der Waals surface area (Å²) in [5.74, 6) is 0. The second-order valence-corrected chi connectivity index (χ2v) is 4.33. The average Bonchev–Trinajstić information content (AvgIpc) is 2.59. The average molecular weight is 245 g/mol. The van der Waals surface area contributed by atoms with Crippen molar-refractivity contribution in [1.82, 2.24) is 4.98 Å². The van der Waals surface area contributed by atoms with E-state index in [9.17, 15) is 4.79 Å². The van der Waals surface area contributed by atoms with Gasteiger partial charge in [-0.25, -0.2) is 9.78 Å². The Balaban J connectivity index is 2.47. The smallest absolute Gasteiger partial charge is 0.411 e. The largest absolute Gasteiger partial charge is 0.465 e. The van der Waals surface area contributed by atoms with Crippen LogP contribution in [0.1, 0.15) is 5.69 Å². The van der Waals surface area contributed by atoms with Crippen LogP contribution in [0.5, 0.6) is 0 Å². The van der Waals surface area contributed by atoms with Gasteiger partial charge in [0.15, 0.2) is 0 Å². The van der Waals surface area contributed by atoms with E-state index < -0.39 is 6.09 Å². The van der Waals surface area contributed by atoms with Crippen LogP contribution in [0, 0.1) is 0 Å². The molecule has 1 aromatic heterocycles. The van der Waals surface area contributed by atoms with E-state index in [1.807, 2.05) is 6.26 Å². The first-order valence-corrected chi connectivity index (χ1v) is 5.97. The zero-order valence-corrected chi connectivity index (χ0v) is 9.60. The molecule has 0 bridgehead atoms. The minimum absolute atomic E-state index is 0.464. The van der Waals surface area contributed by atoms with E-state index in [4.69, 9.17) is 16.7 Å². The number of fused-ring (bicyclic) bond motifs is 1. The molecule has 0 radical (unpaired) electrons. The quantitative estimate of drug-likeness (QED) is 0.772. The highest BCUT2D eigenvalue weighted by atomic mass is 35.5. The summed E-state index contributed by atoms with van der Waals surface area (Å²) in [6.07, 6.45) is 1.60. The molecule has 1 N–H and O–H groups in total. The Morgan fingerprint density at radius 1 is 1.73 bits per heavy atom. The van der Waals surface area contributed by atoms with Crippen molar-refractivity contribution in [1.29, 1.82) is 0 Å². The highest BCUT2D eigenvalue weighted by molar-refractivity contribution is 7.98. The zero-order chi connectivity index (χ0) is 11.0. The van der Waals surface area contributed by atoms with Crippen LogP contribution >= 0.6 is 23.4 Å². The van der Waals surface area contributed by atoms with E-state index in [1.165, 1.54) is 16.7 Å². The molecule has 0 saturated heterocycles. The maximum atomic E-state index is 10.9. The van der Waals surface area contributed by atoms with Gasteiger partial charge in [-0.2, -0.15) is 0 Å². The second-order valence-electron chi connectivity index (χ2n) is 3.13. The lowest BCUT2D eigenvalue weighted by Gasteiger charge is -2.12. The van der Waals surface area contributed by atoms with E-state index in [-0.39, 0.29) is 0 Å². The number of thioether (sulfide) groups is 1. The molecular formula is C9H9ClN2O2S. The van der Waals surface area contributed by atoms with Gasteiger partial charge in [-0.3, -0.25) is 4.90 Å². The molecule has 1 aliphatic heterocycles. The molecule has 0 saturated carbocycles. The number of rotatable bonds is 1. The molecule has 15 heavy (non-hydrogen) atoms. The van der Waals surface area contributed by atoms with Gasteiger partial charge in [0.05, 0.1) is 16.4 Å². The molecule has 2 rings (SSSR count). The normalized spacial score (nSPS) is 14.1. The van der Waals surface area contributed by atoms with Gasteiger partial charge >= 0.3 is 6.09 Å². The minimum Gasteiger partial charge on any atom is -0.465 e. The molecule has 1 aliphatic rings. The van der Waals surface area contributed by atoms with Gasteiger partial charge in [0, 0.05) is 13.0 Å². The number of anilines is 1. The summed E-state index contributed by atoms with van der Waals surface area (Å²) in [6, 6.07) is 1.68. The van der Waals surface area contributed by atoms with Crippen molar-refractivity contribution < 1.29 is 9.90 Å². The van der Waals surface area contributed by atoms with Gasteiger partial charge in [0.25, 0.3) is 0 Å². The summed E-state index contributed by atoms with van der Waals surface area (Å²) in [4.78, 5) is 16.5. The molecule has 4 nitrogen and oxygen atoms in total. The molecule has 0 fully saturated rings. The Morgan fingerprint density at radius 3 is 3.07 bits per heavy atom. The third kappa shape index (κ3) is 1.77. The lowest BCUT2D eigenvalue weighted by Crippen LogP contribution is -2.26. The van der Waals surface area contributed by atoms with E-state index in [0.29, 0.717) is 23.7 Å². The Labute approximate surface area is 96.2 Å². The summed E-state index contributed by atoms with van der Waals surface area (Å²) in [6.45, 7) is 0.464. The number of nitrogens with zero attached hydrogens (tertiary/aromatic N) is 2. The molecular weight excluding hydrogens is 236 g/mol. The first-order valence-electron chi connectivity index (χ1n) is 4.37. The van der Waals surface area contributed by atoms with Crippen LogP contribution in [0.25, 0.3) is 0 Å². The predicted molar refractivity (Wildman–Crippen MR) is 60.1 cm³/mol. The lowest BCUT2D eigenvalue weighted by molar-refractivity contribution is 0.202. The Kier molecular flexibility index (Phi) is 2.75. The van der Waals surface area contributed by atoms with Crippen molar-refractivity contribution in [2.24, 2.45) is 0 Å². The first kappa shape index (κ1) is 10.6. The van der Waals surface area contributed by atoms with Crippen LogP contribution in [-0.4, -0.2) is 29.0 Å². The molecule has 0 unspecified atom stereocenters. The van der Waals surface area contributed by atoms with E-state index in [1.54, 1.807) is 6.07 Å². The number of hydrogen-bond donors (Lipinski definition) is 1. The van der Waals surface area contributed by atoms with Crippen LogP contribution in [0.2, 0.25) is 5.02 Å². The number of carbonyl (C=O) groups is 1. The second kappa shape index (κ2) is 3.90. The predicted octanol–water partition coefficient (Wildman–Crippen LogP) is 2.50. The lowest BCUT2D eigenvalue weighted by atomic mass is 10.3. The third-order valence-electron chi connectivity index (χ3n) is 2.29. The molecule has 0 atom stereocenters. The number of halogens is 1. The van der Waals surface area contributed by atoms with Gasteiger partial charge in [0.1, 0.15) is 5.03 Å². The standard InChI is InChI=1S/C9H9ClN2O2S/c1-15-8-5(10)4-7-6(11-8)2-3-12(7)9(13)14/h4H,2-3H2,1H3,(H,13,14). The van der Waals surface area contributed by atoms with Gasteiger partial charge in [-0.1, -0.05) is 11.6 Å². The Morgan fingerprint density at radius 2 is 2.47 bits per heavy atom. The van der Waals surface area contributed by atoms with Crippen molar-refractivity contribution in [3.05, 3.63) is 16.8 Å². The topological polar surface area (TPSA) is 53.4 Å². The fraction of sp³-hybridized carbons (Fsp3) is 0.333. The highest BCUT2D eigenvalue weighted by Crippen LogP contribution is 2.33. The highest BCUT2D eigenvalue weighted by Gasteiger charge is 2.26. The van der Waals surface area contributed by atoms with Crippen LogP contribution in [-0.2, 0) is 6.42 Å². The molecule has 0 spiro atoms. The van der Waals surface area contributed by atoms with E-state index in [0.717, 1.165) is 10.7 Å². The summed E-state index contributed by atoms with van der Waals surface area (Å²) in [5, 5.41) is 10.2. The van der Waals surface area contributed by atoms with Gasteiger partial charge in [-0.15, -0.1) is 11.8 Å². The third-order valence-corrected chi connectivity index (χ3v) is 3.39. The molecule has 0 aromatic carbocycles. The summed E-state index contributed by atoms with van der Waals surface area (Å²) < 4.78 is 0. The molecule has 0 aliphatic carbocycles. The van der Waals surface area contributed by atoms with Gasteiger partial charge in [0.2, 0.25) is 0 Å². The fourth-order valence-corrected chi connectivity index (χ4v) is 2.43. The Hall–Kier alpha value is -0.940. The number of hydrogen-bond acceptors (Lipinski definition) is 3. The van der Waals surface area contributed by atoms with Gasteiger partial charge < -0.3 is 5.11 Å². The van der Waals surface area contributed by atoms with Crippen LogP contribution in [0.3, 0.4) is 0 Å². The molecule has 1 aromatic rings. The monoisotopic (exact) mass is 244 g/mol. The molecule has 80 valence electrons. The van der Waals surface area contributed by atoms with Crippen LogP contribution in [0.4, 0.5) is 10.5 Å². The van der Waals surface area contributed by atoms with Crippen LogP contribution in [0.15, 0.2) is 11.1 Å². The van der Waals surface area contributed by atoms with E-state index >= 15 is 0 Å². The maximum Gasteiger partial charge on any atom is 0.411 e. The van der Waals surface area contributed by atoms with Crippen molar-refractivity contribution in [3.63, 3.8) is 0 Å². The molecule has 6 heteroatoms. The maximum absolute atomic E-state index is 10.9. The van der Waals surface area contributed by atoms with E-state index in [2.05, 4.69) is 4.98 Å². The summed E-state index contributed by atoms with van der Waals surface area (Å²) in [7, 11) is 0. The minimum atomic E-state index is -0.955. The van der Waals surface area contributed by atoms with Crippen LogP contribution < -0.4 is 4.90 Å². The first-order chi connectivity index (χ1) is 7.13. The summed E-state index contributed by atoms with van der Waals surface area (Å²) in [5.41, 5.74) is 1.43. The fourth-order valence-electron chi connectivity index (χ4n) is 1.60. The SMILES string of the molecule is CSc1nc2c(cc1Cl)N(C(=O)O)CC2. The zero-order valence-electron chi connectivity index (χ0n) is 8.03.